The van der Waals surface area contributed by atoms with Crippen molar-refractivity contribution in [3.63, 3.8) is 0 Å². The van der Waals surface area contributed by atoms with Gasteiger partial charge in [0.1, 0.15) is 0 Å². The molecule has 2 aliphatic heterocycles. The van der Waals surface area contributed by atoms with E-state index in [2.05, 4.69) is 0 Å². The number of carbonyl (C=O) groups excluding carboxylic acids is 4. The first-order valence-electron chi connectivity index (χ1n) is 11.8. The molecule has 0 unspecified atom stereocenters. The van der Waals surface area contributed by atoms with Gasteiger partial charge in [-0.15, -0.1) is 0 Å². The highest BCUT2D eigenvalue weighted by Gasteiger charge is 2.36. The van der Waals surface area contributed by atoms with Gasteiger partial charge in [0, 0.05) is 59.2 Å². The molecular formula is C28H20ClN4O4-. The number of fused-ring (bicyclic) bond motifs is 2. The van der Waals surface area contributed by atoms with Crippen molar-refractivity contribution in [3.8, 4) is 0 Å². The Hall–Kier alpha value is -4.11. The van der Waals surface area contributed by atoms with Crippen LogP contribution in [0.2, 0.25) is 0 Å². The van der Waals surface area contributed by atoms with E-state index in [0.29, 0.717) is 33.0 Å². The van der Waals surface area contributed by atoms with Gasteiger partial charge in [-0.3, -0.25) is 29.0 Å². The second-order valence-corrected chi connectivity index (χ2v) is 9.24. The summed E-state index contributed by atoms with van der Waals surface area (Å²) in [6.45, 7) is 0.677. The number of rotatable bonds is 4. The maximum atomic E-state index is 13.2. The van der Waals surface area contributed by atoms with E-state index in [0.717, 1.165) is 32.3 Å². The molecule has 0 aliphatic carbocycles. The summed E-state index contributed by atoms with van der Waals surface area (Å²) in [4.78, 5) is 55.3. The van der Waals surface area contributed by atoms with Gasteiger partial charge in [-0.05, 0) is 56.6 Å². The first kappa shape index (κ1) is 23.3. The molecule has 0 radical (unpaired) electrons. The lowest BCUT2D eigenvalue weighted by atomic mass is 9.82. The zero-order valence-electron chi connectivity index (χ0n) is 19.5. The smallest absolute Gasteiger partial charge is 0.261 e. The molecule has 37 heavy (non-hydrogen) atoms. The van der Waals surface area contributed by atoms with Crippen molar-refractivity contribution in [2.45, 2.75) is 0 Å². The number of imide groups is 2. The van der Waals surface area contributed by atoms with E-state index in [1.54, 1.807) is 24.3 Å². The summed E-state index contributed by atoms with van der Waals surface area (Å²) >= 11 is 0. The summed E-state index contributed by atoms with van der Waals surface area (Å²) in [5.74, 6) is -1.41. The Labute approximate surface area is 216 Å². The standard InChI is InChI=1S/C28H20N4O4.ClH/c29-9-11-31-25(33)17-5-1-13-14-2-6-19-24-20(28(36)32(12-10-30)27(19)35)8-4-16(22(14)24)15-3-7-18(26(31)34)23(17)21(13)15;/h1-8H,9-12,29-30H2;1H/p-1. The average Bonchev–Trinajstić information content (AvgIpc) is 2.89. The van der Waals surface area contributed by atoms with Crippen LogP contribution in [0.4, 0.5) is 0 Å². The molecule has 8 nitrogen and oxygen atoms in total. The predicted octanol–water partition coefficient (Wildman–Crippen LogP) is -0.149. The molecule has 2 aliphatic rings. The van der Waals surface area contributed by atoms with Crippen molar-refractivity contribution < 1.29 is 31.6 Å². The molecule has 184 valence electrons. The molecular weight excluding hydrogens is 492 g/mol. The molecule has 5 aromatic rings. The number of carbonyl (C=O) groups is 4. The van der Waals surface area contributed by atoms with Crippen LogP contribution in [0.1, 0.15) is 41.4 Å². The van der Waals surface area contributed by atoms with Crippen LogP contribution < -0.4 is 23.9 Å². The second-order valence-electron chi connectivity index (χ2n) is 9.24. The maximum Gasteiger partial charge on any atom is 0.261 e. The van der Waals surface area contributed by atoms with E-state index in [-0.39, 0.29) is 62.2 Å². The molecule has 0 aromatic heterocycles. The maximum absolute atomic E-state index is 13.2. The van der Waals surface area contributed by atoms with Crippen molar-refractivity contribution >= 4 is 66.7 Å². The molecule has 7 rings (SSSR count). The van der Waals surface area contributed by atoms with Gasteiger partial charge in [-0.25, -0.2) is 0 Å². The van der Waals surface area contributed by atoms with E-state index in [4.69, 9.17) is 11.5 Å². The lowest BCUT2D eigenvalue weighted by Gasteiger charge is -2.29. The number of nitrogens with zero attached hydrogens (tertiary/aromatic N) is 2. The highest BCUT2D eigenvalue weighted by atomic mass is 35.5. The Morgan fingerprint density at radius 3 is 0.973 bits per heavy atom. The summed E-state index contributed by atoms with van der Waals surface area (Å²) in [5.41, 5.74) is 13.2. The predicted molar refractivity (Wildman–Crippen MR) is 136 cm³/mol. The van der Waals surface area contributed by atoms with Crippen molar-refractivity contribution in [1.82, 2.24) is 9.80 Å². The SMILES string of the molecule is NCCN1C(=O)c2ccc3c4ccc5c6c(ccc(c7ccc(c2c37)C1=O)c64)C(=O)N(CCN)C5=O.[Cl-]. The van der Waals surface area contributed by atoms with Gasteiger partial charge in [0.25, 0.3) is 23.6 Å². The minimum Gasteiger partial charge on any atom is -1.00 e. The minimum atomic E-state index is -0.353. The molecule has 0 bridgehead atoms. The Balaban J connectivity index is 0.00000252. The van der Waals surface area contributed by atoms with Gasteiger partial charge in [0.05, 0.1) is 0 Å². The molecule has 4 N–H and O–H groups in total. The Bertz CT molecular complexity index is 1610. The molecule has 0 atom stereocenters. The molecule has 5 aromatic carbocycles. The van der Waals surface area contributed by atoms with E-state index < -0.39 is 0 Å². The van der Waals surface area contributed by atoms with Crippen molar-refractivity contribution in [2.24, 2.45) is 11.5 Å². The molecule has 0 fully saturated rings. The minimum absolute atomic E-state index is 0. The molecule has 9 heteroatoms. The zero-order chi connectivity index (χ0) is 24.9. The number of hydrogen-bond acceptors (Lipinski definition) is 6. The van der Waals surface area contributed by atoms with Crippen LogP contribution in [0.25, 0.3) is 43.1 Å². The van der Waals surface area contributed by atoms with Crippen LogP contribution in [-0.2, 0) is 0 Å². The number of halogens is 1. The third-order valence-corrected chi connectivity index (χ3v) is 7.51. The van der Waals surface area contributed by atoms with Crippen LogP contribution in [0, 0.1) is 0 Å². The van der Waals surface area contributed by atoms with Crippen LogP contribution in [-0.4, -0.2) is 59.6 Å². The Morgan fingerprint density at radius 1 is 0.459 bits per heavy atom. The van der Waals surface area contributed by atoms with Crippen LogP contribution >= 0.6 is 0 Å². The monoisotopic (exact) mass is 511 g/mol. The fraction of sp³-hybridized carbons (Fsp3) is 0.143. The van der Waals surface area contributed by atoms with Gasteiger partial charge in [-0.2, -0.15) is 0 Å². The van der Waals surface area contributed by atoms with Crippen LogP contribution in [0.5, 0.6) is 0 Å². The summed E-state index contributed by atoms with van der Waals surface area (Å²) in [7, 11) is 0. The quantitative estimate of drug-likeness (QED) is 0.196. The third kappa shape index (κ3) is 2.74. The van der Waals surface area contributed by atoms with Crippen LogP contribution in [0.15, 0.2) is 48.5 Å². The van der Waals surface area contributed by atoms with E-state index in [1.807, 2.05) is 24.3 Å². The van der Waals surface area contributed by atoms with Gasteiger partial charge < -0.3 is 23.9 Å². The van der Waals surface area contributed by atoms with Crippen molar-refractivity contribution in [2.75, 3.05) is 26.2 Å². The van der Waals surface area contributed by atoms with Gasteiger partial charge in [0.15, 0.2) is 0 Å². The summed E-state index contributed by atoms with van der Waals surface area (Å²) in [5, 5.41) is 6.36. The summed E-state index contributed by atoms with van der Waals surface area (Å²) in [6.07, 6.45) is 0. The Morgan fingerprint density at radius 2 is 0.730 bits per heavy atom. The normalized spacial score (nSPS) is 15.1. The summed E-state index contributed by atoms with van der Waals surface area (Å²) in [6, 6.07) is 14.6. The lowest BCUT2D eigenvalue weighted by molar-refractivity contribution is -0.0000546. The molecule has 0 spiro atoms. The topological polar surface area (TPSA) is 127 Å². The third-order valence-electron chi connectivity index (χ3n) is 7.51. The van der Waals surface area contributed by atoms with Crippen molar-refractivity contribution in [3.05, 3.63) is 70.8 Å². The summed E-state index contributed by atoms with van der Waals surface area (Å²) < 4.78 is 0. The highest BCUT2D eigenvalue weighted by Crippen LogP contribution is 2.46. The number of nitrogens with two attached hydrogens (primary N) is 2. The number of hydrogen-bond donors (Lipinski definition) is 2. The largest absolute Gasteiger partial charge is 1.00 e. The number of benzene rings is 5. The molecule has 2 heterocycles. The average molecular weight is 512 g/mol. The van der Waals surface area contributed by atoms with Crippen LogP contribution in [0.3, 0.4) is 0 Å². The van der Waals surface area contributed by atoms with E-state index in [9.17, 15) is 19.2 Å². The van der Waals surface area contributed by atoms with E-state index >= 15 is 0 Å². The first-order chi connectivity index (χ1) is 17.5. The van der Waals surface area contributed by atoms with Gasteiger partial charge in [0.2, 0.25) is 0 Å². The van der Waals surface area contributed by atoms with Crippen molar-refractivity contribution in [1.29, 1.82) is 0 Å². The van der Waals surface area contributed by atoms with Gasteiger partial charge in [-0.1, -0.05) is 24.3 Å². The molecule has 4 amide bonds. The fourth-order valence-corrected chi connectivity index (χ4v) is 6.03. The van der Waals surface area contributed by atoms with E-state index in [1.165, 1.54) is 9.80 Å². The van der Waals surface area contributed by atoms with Gasteiger partial charge >= 0.3 is 0 Å². The highest BCUT2D eigenvalue weighted by molar-refractivity contribution is 6.41. The second kappa shape index (κ2) is 7.94. The lowest BCUT2D eigenvalue weighted by Crippen LogP contribution is -3.00. The molecule has 0 saturated heterocycles. The molecule has 0 saturated carbocycles. The zero-order valence-corrected chi connectivity index (χ0v) is 20.3. The Kier molecular flexibility index (Phi) is 5.00. The first-order valence-corrected chi connectivity index (χ1v) is 11.8. The number of amides is 4. The fourth-order valence-electron chi connectivity index (χ4n) is 6.03.